The van der Waals surface area contributed by atoms with E-state index < -0.39 is 0 Å². The Morgan fingerprint density at radius 3 is 2.77 bits per heavy atom. The molecule has 13 heavy (non-hydrogen) atoms. The van der Waals surface area contributed by atoms with Crippen molar-refractivity contribution in [2.45, 2.75) is 26.3 Å². The van der Waals surface area contributed by atoms with Crippen LogP contribution in [0.2, 0.25) is 0 Å². The first-order valence-electron chi connectivity index (χ1n) is 4.41. The number of thiophene rings is 1. The maximum absolute atomic E-state index is 3.27. The van der Waals surface area contributed by atoms with Gasteiger partial charge in [0, 0.05) is 16.2 Å². The third kappa shape index (κ3) is 2.87. The largest absolute Gasteiger partial charge is 0.312 e. The van der Waals surface area contributed by atoms with Crippen LogP contribution in [0.1, 0.15) is 29.1 Å². The van der Waals surface area contributed by atoms with Crippen LogP contribution in [0.15, 0.2) is 12.1 Å². The monoisotopic (exact) mass is 193 g/mol. The summed E-state index contributed by atoms with van der Waals surface area (Å²) in [6.07, 6.45) is 0.896. The first-order valence-corrected chi connectivity index (χ1v) is 5.22. The van der Waals surface area contributed by atoms with Gasteiger partial charge in [0.15, 0.2) is 0 Å². The van der Waals surface area contributed by atoms with Crippen LogP contribution in [0.4, 0.5) is 0 Å². The van der Waals surface area contributed by atoms with E-state index in [2.05, 4.69) is 36.2 Å². The molecule has 0 aromatic carbocycles. The Bertz CT molecular complexity index is 316. The molecular weight excluding hydrogens is 178 g/mol. The van der Waals surface area contributed by atoms with Crippen molar-refractivity contribution in [2.75, 3.05) is 7.05 Å². The number of aryl methyl sites for hydroxylation is 1. The Hall–Kier alpha value is -0.780. The van der Waals surface area contributed by atoms with E-state index in [0.717, 1.165) is 6.42 Å². The molecule has 1 N–H and O–H groups in total. The van der Waals surface area contributed by atoms with Gasteiger partial charge in [0.2, 0.25) is 0 Å². The highest BCUT2D eigenvalue weighted by atomic mass is 32.1. The molecule has 0 radical (unpaired) electrons. The molecule has 70 valence electrons. The fourth-order valence-electron chi connectivity index (χ4n) is 1.19. The van der Waals surface area contributed by atoms with Gasteiger partial charge in [-0.2, -0.15) is 0 Å². The van der Waals surface area contributed by atoms with Gasteiger partial charge in [0.25, 0.3) is 0 Å². The van der Waals surface area contributed by atoms with Gasteiger partial charge in [-0.25, -0.2) is 0 Å². The van der Waals surface area contributed by atoms with Crippen molar-refractivity contribution in [3.8, 4) is 11.8 Å². The molecule has 1 aromatic heterocycles. The smallest absolute Gasteiger partial charge is 0.0523 e. The molecule has 0 amide bonds. The van der Waals surface area contributed by atoms with E-state index in [-0.39, 0.29) is 0 Å². The highest BCUT2D eigenvalue weighted by molar-refractivity contribution is 7.12. The van der Waals surface area contributed by atoms with Crippen LogP contribution in [-0.4, -0.2) is 7.05 Å². The average molecular weight is 193 g/mol. The lowest BCUT2D eigenvalue weighted by Gasteiger charge is -2.09. The van der Waals surface area contributed by atoms with Crippen molar-refractivity contribution in [3.63, 3.8) is 0 Å². The standard InChI is InChI=1S/C11H15NS/c1-4-5-6-10(12-3)11-8-7-9(2)13-11/h7-8,10,12H,6H2,1-3H3. The summed E-state index contributed by atoms with van der Waals surface area (Å²) in [7, 11) is 1.98. The molecule has 1 heterocycles. The first-order chi connectivity index (χ1) is 6.27. The zero-order valence-electron chi connectivity index (χ0n) is 8.35. The molecule has 0 spiro atoms. The van der Waals surface area contributed by atoms with Crippen LogP contribution in [0.3, 0.4) is 0 Å². The third-order valence-corrected chi connectivity index (χ3v) is 3.05. The van der Waals surface area contributed by atoms with Crippen molar-refractivity contribution >= 4 is 11.3 Å². The molecule has 0 aliphatic carbocycles. The van der Waals surface area contributed by atoms with Crippen molar-refractivity contribution in [1.82, 2.24) is 5.32 Å². The molecule has 0 aliphatic heterocycles. The van der Waals surface area contributed by atoms with Crippen molar-refractivity contribution in [2.24, 2.45) is 0 Å². The molecule has 0 aliphatic rings. The van der Waals surface area contributed by atoms with Gasteiger partial charge in [0.05, 0.1) is 6.04 Å². The van der Waals surface area contributed by atoms with Gasteiger partial charge in [-0.05, 0) is 33.0 Å². The van der Waals surface area contributed by atoms with E-state index in [1.165, 1.54) is 9.75 Å². The minimum absolute atomic E-state index is 0.395. The maximum atomic E-state index is 3.27. The molecule has 1 aromatic rings. The van der Waals surface area contributed by atoms with E-state index in [1.54, 1.807) is 0 Å². The Morgan fingerprint density at radius 1 is 1.54 bits per heavy atom. The second-order valence-electron chi connectivity index (χ2n) is 2.92. The Kier molecular flexibility index (Phi) is 4.01. The number of hydrogen-bond donors (Lipinski definition) is 1. The lowest BCUT2D eigenvalue weighted by Crippen LogP contribution is -2.14. The van der Waals surface area contributed by atoms with E-state index in [1.807, 2.05) is 25.3 Å². The van der Waals surface area contributed by atoms with Gasteiger partial charge < -0.3 is 5.32 Å². The Balaban J connectivity index is 2.70. The lowest BCUT2D eigenvalue weighted by molar-refractivity contribution is 0.622. The summed E-state index contributed by atoms with van der Waals surface area (Å²) in [5.41, 5.74) is 0. The zero-order chi connectivity index (χ0) is 9.68. The number of nitrogens with one attached hydrogen (secondary N) is 1. The summed E-state index contributed by atoms with van der Waals surface area (Å²) < 4.78 is 0. The minimum Gasteiger partial charge on any atom is -0.312 e. The summed E-state index contributed by atoms with van der Waals surface area (Å²) in [6, 6.07) is 4.73. The molecule has 2 heteroatoms. The zero-order valence-corrected chi connectivity index (χ0v) is 9.16. The van der Waals surface area contributed by atoms with E-state index in [9.17, 15) is 0 Å². The topological polar surface area (TPSA) is 12.0 Å². The average Bonchev–Trinajstić information content (AvgIpc) is 2.54. The van der Waals surface area contributed by atoms with Crippen LogP contribution in [-0.2, 0) is 0 Å². The number of rotatable bonds is 3. The Labute approximate surface area is 84.2 Å². The SMILES string of the molecule is CC#CCC(NC)c1ccc(C)s1. The molecule has 0 bridgehead atoms. The predicted octanol–water partition coefficient (Wildman–Crippen LogP) is 2.73. The summed E-state index contributed by atoms with van der Waals surface area (Å²) in [5, 5.41) is 3.27. The fraction of sp³-hybridized carbons (Fsp3) is 0.455. The van der Waals surface area contributed by atoms with Crippen LogP contribution in [0, 0.1) is 18.8 Å². The molecular formula is C11H15NS. The van der Waals surface area contributed by atoms with Crippen LogP contribution >= 0.6 is 11.3 Å². The maximum Gasteiger partial charge on any atom is 0.0523 e. The minimum atomic E-state index is 0.395. The van der Waals surface area contributed by atoms with Crippen molar-refractivity contribution in [3.05, 3.63) is 21.9 Å². The van der Waals surface area contributed by atoms with Crippen LogP contribution in [0.5, 0.6) is 0 Å². The third-order valence-electron chi connectivity index (χ3n) is 1.94. The van der Waals surface area contributed by atoms with Gasteiger partial charge >= 0.3 is 0 Å². The van der Waals surface area contributed by atoms with E-state index >= 15 is 0 Å². The second-order valence-corrected chi connectivity index (χ2v) is 4.24. The number of hydrogen-bond acceptors (Lipinski definition) is 2. The predicted molar refractivity (Wildman–Crippen MR) is 58.9 cm³/mol. The summed E-state index contributed by atoms with van der Waals surface area (Å²) in [5.74, 6) is 6.02. The van der Waals surface area contributed by atoms with Gasteiger partial charge in [0.1, 0.15) is 0 Å². The van der Waals surface area contributed by atoms with Gasteiger partial charge in [-0.3, -0.25) is 0 Å². The van der Waals surface area contributed by atoms with Gasteiger partial charge in [-0.1, -0.05) is 0 Å². The van der Waals surface area contributed by atoms with Crippen molar-refractivity contribution in [1.29, 1.82) is 0 Å². The first kappa shape index (κ1) is 10.3. The molecule has 1 rings (SSSR count). The Morgan fingerprint density at radius 2 is 2.31 bits per heavy atom. The van der Waals surface area contributed by atoms with E-state index in [0.29, 0.717) is 6.04 Å². The highest BCUT2D eigenvalue weighted by Gasteiger charge is 2.08. The molecule has 1 nitrogen and oxygen atoms in total. The summed E-state index contributed by atoms with van der Waals surface area (Å²) >= 11 is 1.84. The van der Waals surface area contributed by atoms with E-state index in [4.69, 9.17) is 0 Å². The van der Waals surface area contributed by atoms with Gasteiger partial charge in [-0.15, -0.1) is 23.2 Å². The summed E-state index contributed by atoms with van der Waals surface area (Å²) in [6.45, 7) is 4.01. The lowest BCUT2D eigenvalue weighted by atomic mass is 10.2. The molecule has 0 fully saturated rings. The summed E-state index contributed by atoms with van der Waals surface area (Å²) in [4.78, 5) is 2.74. The fourth-order valence-corrected chi connectivity index (χ4v) is 2.18. The second kappa shape index (κ2) is 5.06. The highest BCUT2D eigenvalue weighted by Crippen LogP contribution is 2.24. The molecule has 1 unspecified atom stereocenters. The van der Waals surface area contributed by atoms with Crippen LogP contribution in [0.25, 0.3) is 0 Å². The van der Waals surface area contributed by atoms with Crippen LogP contribution < -0.4 is 5.32 Å². The molecule has 0 saturated carbocycles. The quantitative estimate of drug-likeness (QED) is 0.728. The normalized spacial score (nSPS) is 11.9. The van der Waals surface area contributed by atoms with Crippen molar-refractivity contribution < 1.29 is 0 Å². The molecule has 0 saturated heterocycles. The molecule has 1 atom stereocenters.